The van der Waals surface area contributed by atoms with Gasteiger partial charge in [0.05, 0.1) is 11.6 Å². The Bertz CT molecular complexity index is 914. The maximum atomic E-state index is 12.1. The summed E-state index contributed by atoms with van der Waals surface area (Å²) in [6, 6.07) is 6.27. The molecule has 6 nitrogen and oxygen atoms in total. The molecule has 1 N–H and O–H groups in total. The predicted molar refractivity (Wildman–Crippen MR) is 84.6 cm³/mol. The van der Waals surface area contributed by atoms with Gasteiger partial charge in [-0.3, -0.25) is 14.3 Å². The molecule has 2 aromatic heterocycles. The Morgan fingerprint density at radius 2 is 2.23 bits per heavy atom. The average Bonchev–Trinajstić information content (AvgIpc) is 2.89. The molecule has 0 bridgehead atoms. The maximum Gasteiger partial charge on any atom is 0.287 e. The molecule has 0 aliphatic rings. The summed E-state index contributed by atoms with van der Waals surface area (Å²) in [4.78, 5) is 24.1. The van der Waals surface area contributed by atoms with Crippen molar-refractivity contribution in [3.8, 4) is 0 Å². The van der Waals surface area contributed by atoms with E-state index in [1.807, 2.05) is 0 Å². The summed E-state index contributed by atoms with van der Waals surface area (Å²) in [5, 5.41) is 7.15. The van der Waals surface area contributed by atoms with E-state index in [1.165, 1.54) is 6.07 Å². The second kappa shape index (κ2) is 5.76. The second-order valence-electron chi connectivity index (χ2n) is 4.82. The quantitative estimate of drug-likeness (QED) is 0.775. The molecule has 1 amide bonds. The molecule has 0 atom stereocenters. The van der Waals surface area contributed by atoms with Crippen LogP contribution in [0.5, 0.6) is 0 Å². The zero-order valence-electron chi connectivity index (χ0n) is 11.7. The lowest BCUT2D eigenvalue weighted by Gasteiger charge is -2.04. The smallest absolute Gasteiger partial charge is 0.287 e. The molecule has 0 aliphatic heterocycles. The number of hydrogen-bond donors (Lipinski definition) is 1. The SMILES string of the molecule is Cn1cc(CNC(=O)c2cc(=O)c3ccc(Br)cc3o2)cn1. The Balaban J connectivity index is 1.86. The number of nitrogens with one attached hydrogen (secondary N) is 1. The summed E-state index contributed by atoms with van der Waals surface area (Å²) >= 11 is 3.31. The number of fused-ring (bicyclic) bond motifs is 1. The highest BCUT2D eigenvalue weighted by atomic mass is 79.9. The van der Waals surface area contributed by atoms with E-state index in [4.69, 9.17) is 4.42 Å². The van der Waals surface area contributed by atoms with Gasteiger partial charge in [-0.1, -0.05) is 15.9 Å². The molecular formula is C15H12BrN3O3. The number of carbonyl (C=O) groups excluding carboxylic acids is 1. The van der Waals surface area contributed by atoms with Crippen molar-refractivity contribution in [1.82, 2.24) is 15.1 Å². The number of nitrogens with zero attached hydrogens (tertiary/aromatic N) is 2. The fourth-order valence-electron chi connectivity index (χ4n) is 2.07. The van der Waals surface area contributed by atoms with Crippen LogP contribution in [-0.2, 0) is 13.6 Å². The molecule has 3 aromatic rings. The van der Waals surface area contributed by atoms with E-state index in [0.717, 1.165) is 10.0 Å². The lowest BCUT2D eigenvalue weighted by molar-refractivity contribution is 0.0923. The van der Waals surface area contributed by atoms with Crippen molar-refractivity contribution >= 4 is 32.8 Å². The number of benzene rings is 1. The number of halogens is 1. The number of amides is 1. The molecule has 0 radical (unpaired) electrons. The van der Waals surface area contributed by atoms with Crippen LogP contribution in [0.1, 0.15) is 16.1 Å². The molecule has 0 spiro atoms. The fraction of sp³-hybridized carbons (Fsp3) is 0.133. The zero-order chi connectivity index (χ0) is 15.7. The molecule has 0 unspecified atom stereocenters. The standard InChI is InChI=1S/C15H12BrN3O3/c1-19-8-9(7-18-19)6-17-15(21)14-5-12(20)11-3-2-10(16)4-13(11)22-14/h2-5,7-8H,6H2,1H3,(H,17,21). The van der Waals surface area contributed by atoms with Gasteiger partial charge in [-0.15, -0.1) is 0 Å². The minimum Gasteiger partial charge on any atom is -0.451 e. The van der Waals surface area contributed by atoms with Crippen molar-refractivity contribution in [1.29, 1.82) is 0 Å². The predicted octanol–water partition coefficient (Wildman–Crippen LogP) is 2.22. The number of rotatable bonds is 3. The first-order valence-electron chi connectivity index (χ1n) is 6.52. The highest BCUT2D eigenvalue weighted by molar-refractivity contribution is 9.10. The first-order valence-corrected chi connectivity index (χ1v) is 7.31. The Kier molecular flexibility index (Phi) is 3.81. The van der Waals surface area contributed by atoms with Gasteiger partial charge in [0.25, 0.3) is 5.91 Å². The largest absolute Gasteiger partial charge is 0.451 e. The van der Waals surface area contributed by atoms with Gasteiger partial charge >= 0.3 is 0 Å². The molecule has 0 saturated heterocycles. The summed E-state index contributed by atoms with van der Waals surface area (Å²) in [6.45, 7) is 0.312. The van der Waals surface area contributed by atoms with Crippen LogP contribution in [0.2, 0.25) is 0 Å². The van der Waals surface area contributed by atoms with Crippen LogP contribution in [0.25, 0.3) is 11.0 Å². The normalized spacial score (nSPS) is 10.8. The minimum absolute atomic E-state index is 0.0144. The Labute approximate surface area is 133 Å². The maximum absolute atomic E-state index is 12.1. The van der Waals surface area contributed by atoms with E-state index in [1.54, 1.807) is 42.3 Å². The highest BCUT2D eigenvalue weighted by Gasteiger charge is 2.12. The zero-order valence-corrected chi connectivity index (χ0v) is 13.3. The van der Waals surface area contributed by atoms with Crippen LogP contribution in [-0.4, -0.2) is 15.7 Å². The Morgan fingerprint density at radius 3 is 2.95 bits per heavy atom. The number of hydrogen-bond acceptors (Lipinski definition) is 4. The molecule has 22 heavy (non-hydrogen) atoms. The van der Waals surface area contributed by atoms with E-state index < -0.39 is 5.91 Å². The van der Waals surface area contributed by atoms with Gasteiger partial charge in [-0.25, -0.2) is 0 Å². The fourth-order valence-corrected chi connectivity index (χ4v) is 2.41. The van der Waals surface area contributed by atoms with Crippen LogP contribution in [0.4, 0.5) is 0 Å². The van der Waals surface area contributed by atoms with E-state index in [2.05, 4.69) is 26.3 Å². The molecule has 1 aromatic carbocycles. The van der Waals surface area contributed by atoms with Crippen molar-refractivity contribution in [2.45, 2.75) is 6.54 Å². The number of aromatic nitrogens is 2. The molecule has 2 heterocycles. The van der Waals surface area contributed by atoms with E-state index >= 15 is 0 Å². The molecular weight excluding hydrogens is 350 g/mol. The van der Waals surface area contributed by atoms with Gasteiger partial charge in [0.1, 0.15) is 5.58 Å². The van der Waals surface area contributed by atoms with Gasteiger partial charge in [0.2, 0.25) is 0 Å². The van der Waals surface area contributed by atoms with Gasteiger partial charge in [0.15, 0.2) is 11.2 Å². The highest BCUT2D eigenvalue weighted by Crippen LogP contribution is 2.18. The van der Waals surface area contributed by atoms with E-state index in [0.29, 0.717) is 17.5 Å². The van der Waals surface area contributed by atoms with Gasteiger partial charge in [-0.05, 0) is 18.2 Å². The van der Waals surface area contributed by atoms with Crippen molar-refractivity contribution in [2.24, 2.45) is 7.05 Å². The van der Waals surface area contributed by atoms with Crippen molar-refractivity contribution in [3.05, 3.63) is 62.7 Å². The van der Waals surface area contributed by atoms with Crippen LogP contribution in [0.15, 0.2) is 50.3 Å². The molecule has 0 aliphatic carbocycles. The summed E-state index contributed by atoms with van der Waals surface area (Å²) in [6.07, 6.45) is 3.46. The summed E-state index contributed by atoms with van der Waals surface area (Å²) in [7, 11) is 1.80. The third kappa shape index (κ3) is 2.94. The van der Waals surface area contributed by atoms with Crippen molar-refractivity contribution in [3.63, 3.8) is 0 Å². The van der Waals surface area contributed by atoms with Crippen molar-refractivity contribution in [2.75, 3.05) is 0 Å². The first kappa shape index (κ1) is 14.5. The minimum atomic E-state index is -0.442. The van der Waals surface area contributed by atoms with Crippen LogP contribution < -0.4 is 10.7 Å². The topological polar surface area (TPSA) is 77.1 Å². The van der Waals surface area contributed by atoms with Gasteiger partial charge in [0, 0.05) is 35.9 Å². The van der Waals surface area contributed by atoms with E-state index in [9.17, 15) is 9.59 Å². The summed E-state index contributed by atoms with van der Waals surface area (Å²) in [5.74, 6) is -0.456. The van der Waals surface area contributed by atoms with E-state index in [-0.39, 0.29) is 11.2 Å². The Hall–Kier alpha value is -2.41. The van der Waals surface area contributed by atoms with Crippen molar-refractivity contribution < 1.29 is 9.21 Å². The third-order valence-corrected chi connectivity index (χ3v) is 3.62. The lowest BCUT2D eigenvalue weighted by Crippen LogP contribution is -2.23. The van der Waals surface area contributed by atoms with Crippen LogP contribution >= 0.6 is 15.9 Å². The molecule has 112 valence electrons. The average molecular weight is 362 g/mol. The number of aryl methyl sites for hydroxylation is 1. The molecule has 0 saturated carbocycles. The number of carbonyl (C=O) groups is 1. The van der Waals surface area contributed by atoms with Crippen LogP contribution in [0.3, 0.4) is 0 Å². The molecule has 3 rings (SSSR count). The first-order chi connectivity index (χ1) is 10.5. The van der Waals surface area contributed by atoms with Crippen LogP contribution in [0, 0.1) is 0 Å². The molecule has 0 fully saturated rings. The van der Waals surface area contributed by atoms with Gasteiger partial charge < -0.3 is 9.73 Å². The van der Waals surface area contributed by atoms with Gasteiger partial charge in [-0.2, -0.15) is 5.10 Å². The molecule has 7 heteroatoms. The summed E-state index contributed by atoms with van der Waals surface area (Å²) in [5.41, 5.74) is 0.982. The lowest BCUT2D eigenvalue weighted by atomic mass is 10.2. The summed E-state index contributed by atoms with van der Waals surface area (Å²) < 4.78 is 7.94. The third-order valence-electron chi connectivity index (χ3n) is 3.13. The monoisotopic (exact) mass is 361 g/mol. The Morgan fingerprint density at radius 1 is 1.41 bits per heavy atom. The second-order valence-corrected chi connectivity index (χ2v) is 5.74.